The summed E-state index contributed by atoms with van der Waals surface area (Å²) in [7, 11) is 0. The lowest BCUT2D eigenvalue weighted by molar-refractivity contribution is 0.584. The number of nitrogens with zero attached hydrogens (tertiary/aromatic N) is 2. The normalized spacial score (nSPS) is 10.5. The molecule has 0 radical (unpaired) electrons. The van der Waals surface area contributed by atoms with E-state index in [1.807, 2.05) is 0 Å². The average molecular weight is 270 g/mol. The predicted molar refractivity (Wildman–Crippen MR) is 66.2 cm³/mol. The standard InChI is InChI=1S/C12H10ClF2N3/c1-6-3-4-8(14)12(11(6)15)18-10-5-9(13)16-7(2)17-10/h3-5H,1-2H3,(H,16,17,18). The first-order valence-electron chi connectivity index (χ1n) is 5.20. The molecule has 1 N–H and O–H groups in total. The van der Waals surface area contributed by atoms with Crippen molar-refractivity contribution in [2.24, 2.45) is 0 Å². The van der Waals surface area contributed by atoms with Crippen molar-refractivity contribution in [3.8, 4) is 0 Å². The smallest absolute Gasteiger partial charge is 0.152 e. The zero-order valence-corrected chi connectivity index (χ0v) is 10.5. The Morgan fingerprint density at radius 1 is 1.17 bits per heavy atom. The van der Waals surface area contributed by atoms with Crippen molar-refractivity contribution in [2.75, 3.05) is 5.32 Å². The summed E-state index contributed by atoms with van der Waals surface area (Å²) in [5.74, 6) is -0.678. The summed E-state index contributed by atoms with van der Waals surface area (Å²) in [6.45, 7) is 3.19. The number of rotatable bonds is 2. The second-order valence-corrected chi connectivity index (χ2v) is 4.19. The van der Waals surface area contributed by atoms with Crippen molar-refractivity contribution in [3.63, 3.8) is 0 Å². The molecule has 3 nitrogen and oxygen atoms in total. The molecule has 0 saturated heterocycles. The fourth-order valence-corrected chi connectivity index (χ4v) is 1.72. The Kier molecular flexibility index (Phi) is 3.43. The Hall–Kier alpha value is -1.75. The van der Waals surface area contributed by atoms with Crippen molar-refractivity contribution in [1.29, 1.82) is 0 Å². The van der Waals surface area contributed by atoms with Gasteiger partial charge in [0.2, 0.25) is 0 Å². The summed E-state index contributed by atoms with van der Waals surface area (Å²) < 4.78 is 27.3. The minimum absolute atomic E-state index is 0.207. The van der Waals surface area contributed by atoms with Crippen LogP contribution in [-0.2, 0) is 0 Å². The molecular weight excluding hydrogens is 260 g/mol. The maximum atomic E-state index is 13.8. The van der Waals surface area contributed by atoms with Crippen LogP contribution < -0.4 is 5.32 Å². The Labute approximate surface area is 108 Å². The molecule has 18 heavy (non-hydrogen) atoms. The van der Waals surface area contributed by atoms with Gasteiger partial charge in [0.1, 0.15) is 28.3 Å². The third kappa shape index (κ3) is 2.56. The largest absolute Gasteiger partial charge is 0.335 e. The van der Waals surface area contributed by atoms with Crippen LogP contribution in [0.25, 0.3) is 0 Å². The topological polar surface area (TPSA) is 37.8 Å². The van der Waals surface area contributed by atoms with Gasteiger partial charge in [0.05, 0.1) is 0 Å². The van der Waals surface area contributed by atoms with Gasteiger partial charge in [0.15, 0.2) is 5.82 Å². The zero-order valence-electron chi connectivity index (χ0n) is 9.76. The number of halogens is 3. The Balaban J connectivity index is 2.42. The number of anilines is 2. The van der Waals surface area contributed by atoms with Gasteiger partial charge in [-0.05, 0) is 25.5 Å². The Morgan fingerprint density at radius 2 is 1.89 bits per heavy atom. The number of benzene rings is 1. The molecule has 1 aromatic heterocycles. The van der Waals surface area contributed by atoms with E-state index in [9.17, 15) is 8.78 Å². The fourth-order valence-electron chi connectivity index (χ4n) is 1.49. The number of aryl methyl sites for hydroxylation is 2. The number of hydrogen-bond donors (Lipinski definition) is 1. The van der Waals surface area contributed by atoms with Gasteiger partial charge in [-0.2, -0.15) is 0 Å². The quantitative estimate of drug-likeness (QED) is 0.844. The van der Waals surface area contributed by atoms with E-state index in [1.165, 1.54) is 18.2 Å². The highest BCUT2D eigenvalue weighted by Gasteiger charge is 2.12. The lowest BCUT2D eigenvalue weighted by atomic mass is 10.2. The Bertz CT molecular complexity index is 582. The van der Waals surface area contributed by atoms with Crippen LogP contribution in [0.3, 0.4) is 0 Å². The van der Waals surface area contributed by atoms with Gasteiger partial charge >= 0.3 is 0 Å². The van der Waals surface area contributed by atoms with Gasteiger partial charge in [0, 0.05) is 6.07 Å². The van der Waals surface area contributed by atoms with Gasteiger partial charge in [0.25, 0.3) is 0 Å². The molecule has 1 aromatic carbocycles. The minimum Gasteiger partial charge on any atom is -0.335 e. The molecular formula is C12H10ClF2N3. The van der Waals surface area contributed by atoms with Crippen LogP contribution in [0.5, 0.6) is 0 Å². The summed E-state index contributed by atoms with van der Waals surface area (Å²) in [6, 6.07) is 3.96. The molecule has 94 valence electrons. The molecule has 1 heterocycles. The molecule has 0 aliphatic carbocycles. The van der Waals surface area contributed by atoms with Crippen molar-refractivity contribution < 1.29 is 8.78 Å². The molecule has 0 bridgehead atoms. The molecule has 2 aromatic rings. The van der Waals surface area contributed by atoms with E-state index in [1.54, 1.807) is 13.8 Å². The van der Waals surface area contributed by atoms with Crippen molar-refractivity contribution in [2.45, 2.75) is 13.8 Å². The molecule has 0 atom stereocenters. The van der Waals surface area contributed by atoms with E-state index in [-0.39, 0.29) is 16.7 Å². The molecule has 2 rings (SSSR count). The first kappa shape index (κ1) is 12.7. The second-order valence-electron chi connectivity index (χ2n) is 3.80. The zero-order chi connectivity index (χ0) is 13.3. The number of aromatic nitrogens is 2. The lowest BCUT2D eigenvalue weighted by Gasteiger charge is -2.10. The summed E-state index contributed by atoms with van der Waals surface area (Å²) in [6.07, 6.45) is 0. The maximum Gasteiger partial charge on any atom is 0.152 e. The highest BCUT2D eigenvalue weighted by Crippen LogP contribution is 2.25. The van der Waals surface area contributed by atoms with E-state index in [0.29, 0.717) is 11.4 Å². The first-order valence-corrected chi connectivity index (χ1v) is 5.58. The van der Waals surface area contributed by atoms with E-state index in [2.05, 4.69) is 15.3 Å². The van der Waals surface area contributed by atoms with Gasteiger partial charge < -0.3 is 5.32 Å². The highest BCUT2D eigenvalue weighted by atomic mass is 35.5. The number of nitrogens with one attached hydrogen (secondary N) is 1. The van der Waals surface area contributed by atoms with Gasteiger partial charge in [-0.1, -0.05) is 17.7 Å². The third-order valence-corrected chi connectivity index (χ3v) is 2.54. The number of hydrogen-bond acceptors (Lipinski definition) is 3. The van der Waals surface area contributed by atoms with Crippen LogP contribution in [0, 0.1) is 25.5 Å². The van der Waals surface area contributed by atoms with Crippen LogP contribution in [0.1, 0.15) is 11.4 Å². The van der Waals surface area contributed by atoms with Gasteiger partial charge in [-0.15, -0.1) is 0 Å². The summed E-state index contributed by atoms with van der Waals surface area (Å²) >= 11 is 5.75. The molecule has 0 aliphatic rings. The Morgan fingerprint density at radius 3 is 2.56 bits per heavy atom. The molecule has 0 fully saturated rings. The van der Waals surface area contributed by atoms with Gasteiger partial charge in [-0.3, -0.25) is 0 Å². The molecule has 0 spiro atoms. The first-order chi connectivity index (χ1) is 8.47. The van der Waals surface area contributed by atoms with Crippen LogP contribution in [-0.4, -0.2) is 9.97 Å². The summed E-state index contributed by atoms with van der Waals surface area (Å²) in [4.78, 5) is 7.87. The van der Waals surface area contributed by atoms with Crippen LogP contribution in [0.4, 0.5) is 20.3 Å². The molecule has 0 aliphatic heterocycles. The van der Waals surface area contributed by atoms with E-state index < -0.39 is 11.6 Å². The monoisotopic (exact) mass is 269 g/mol. The van der Waals surface area contributed by atoms with E-state index >= 15 is 0 Å². The van der Waals surface area contributed by atoms with Gasteiger partial charge in [-0.25, -0.2) is 18.7 Å². The fraction of sp³-hybridized carbons (Fsp3) is 0.167. The second kappa shape index (κ2) is 4.86. The van der Waals surface area contributed by atoms with Crippen LogP contribution in [0.2, 0.25) is 5.15 Å². The predicted octanol–water partition coefficient (Wildman–Crippen LogP) is 3.77. The SMILES string of the molecule is Cc1nc(Cl)cc(Nc2c(F)ccc(C)c2F)n1. The summed E-state index contributed by atoms with van der Waals surface area (Å²) in [5.41, 5.74) is 0.0972. The van der Waals surface area contributed by atoms with Crippen molar-refractivity contribution >= 4 is 23.1 Å². The van der Waals surface area contributed by atoms with Crippen LogP contribution in [0.15, 0.2) is 18.2 Å². The highest BCUT2D eigenvalue weighted by molar-refractivity contribution is 6.29. The third-order valence-electron chi connectivity index (χ3n) is 2.34. The molecule has 0 unspecified atom stereocenters. The molecule has 6 heteroatoms. The minimum atomic E-state index is -0.689. The summed E-state index contributed by atoms with van der Waals surface area (Å²) in [5, 5.41) is 2.78. The molecule has 0 saturated carbocycles. The molecule has 0 amide bonds. The van der Waals surface area contributed by atoms with E-state index in [0.717, 1.165) is 0 Å². The van der Waals surface area contributed by atoms with Crippen molar-refractivity contribution in [3.05, 3.63) is 46.4 Å². The average Bonchev–Trinajstić information content (AvgIpc) is 2.28. The van der Waals surface area contributed by atoms with Crippen LogP contribution >= 0.6 is 11.6 Å². The van der Waals surface area contributed by atoms with Crippen molar-refractivity contribution in [1.82, 2.24) is 9.97 Å². The maximum absolute atomic E-state index is 13.8. The van der Waals surface area contributed by atoms with E-state index in [4.69, 9.17) is 11.6 Å². The lowest BCUT2D eigenvalue weighted by Crippen LogP contribution is -2.02.